The summed E-state index contributed by atoms with van der Waals surface area (Å²) in [5, 5.41) is 0. The molecule has 0 saturated heterocycles. The van der Waals surface area contributed by atoms with Crippen LogP contribution in [0.15, 0.2) is 0 Å². The van der Waals surface area contributed by atoms with Gasteiger partial charge in [0, 0.05) is 30.6 Å². The highest BCUT2D eigenvalue weighted by molar-refractivity contribution is 7.85. The van der Waals surface area contributed by atoms with E-state index in [2.05, 4.69) is 0 Å². The summed E-state index contributed by atoms with van der Waals surface area (Å²) in [7, 11) is 2.25. The van der Waals surface area contributed by atoms with Crippen LogP contribution in [0.4, 0.5) is 0 Å². The number of amides is 1. The summed E-state index contributed by atoms with van der Waals surface area (Å²) in [5.41, 5.74) is 5.38. The third kappa shape index (κ3) is 5.76. The molecule has 0 aromatic carbocycles. The van der Waals surface area contributed by atoms with Gasteiger partial charge in [0.1, 0.15) is 5.75 Å². The van der Waals surface area contributed by atoms with Gasteiger partial charge < -0.3 is 10.6 Å². The third-order valence-electron chi connectivity index (χ3n) is 1.66. The SMILES string of the molecule is CC(CN)CS(=O)CC(=O)N(C)C. The Hall–Kier alpha value is -0.420. The standard InChI is InChI=1S/C8H18N2O2S/c1-7(4-9)5-13(12)6-8(11)10(2)3/h7H,4-6,9H2,1-3H3. The smallest absolute Gasteiger partial charge is 0.234 e. The molecule has 2 N–H and O–H groups in total. The van der Waals surface area contributed by atoms with Crippen molar-refractivity contribution in [3.05, 3.63) is 0 Å². The summed E-state index contributed by atoms with van der Waals surface area (Å²) in [6.45, 7) is 2.44. The van der Waals surface area contributed by atoms with Crippen molar-refractivity contribution >= 4 is 16.7 Å². The molecule has 0 radical (unpaired) electrons. The van der Waals surface area contributed by atoms with Crippen LogP contribution < -0.4 is 5.73 Å². The van der Waals surface area contributed by atoms with Gasteiger partial charge in [-0.15, -0.1) is 0 Å². The quantitative estimate of drug-likeness (QED) is 0.654. The molecule has 0 heterocycles. The highest BCUT2D eigenvalue weighted by Crippen LogP contribution is 1.96. The second kappa shape index (κ2) is 6.10. The molecular weight excluding hydrogens is 188 g/mol. The fraction of sp³-hybridized carbons (Fsp3) is 0.875. The van der Waals surface area contributed by atoms with Crippen LogP contribution in [0.1, 0.15) is 6.92 Å². The largest absolute Gasteiger partial charge is 0.348 e. The zero-order chi connectivity index (χ0) is 10.4. The van der Waals surface area contributed by atoms with Gasteiger partial charge in [-0.25, -0.2) is 0 Å². The summed E-state index contributed by atoms with van der Waals surface area (Å²) in [4.78, 5) is 12.6. The minimum Gasteiger partial charge on any atom is -0.348 e. The van der Waals surface area contributed by atoms with Crippen molar-refractivity contribution in [3.8, 4) is 0 Å². The van der Waals surface area contributed by atoms with Gasteiger partial charge in [-0.2, -0.15) is 0 Å². The molecule has 4 nitrogen and oxygen atoms in total. The molecule has 2 unspecified atom stereocenters. The third-order valence-corrected chi connectivity index (χ3v) is 3.17. The number of hydrogen-bond acceptors (Lipinski definition) is 3. The van der Waals surface area contributed by atoms with E-state index in [1.54, 1.807) is 14.1 Å². The molecule has 5 heteroatoms. The molecule has 0 fully saturated rings. The lowest BCUT2D eigenvalue weighted by atomic mass is 10.2. The van der Waals surface area contributed by atoms with Gasteiger partial charge in [-0.1, -0.05) is 6.92 Å². The van der Waals surface area contributed by atoms with Crippen LogP contribution in [0, 0.1) is 5.92 Å². The van der Waals surface area contributed by atoms with E-state index >= 15 is 0 Å². The summed E-state index contributed by atoms with van der Waals surface area (Å²) in [6.07, 6.45) is 0. The average molecular weight is 206 g/mol. The molecule has 13 heavy (non-hydrogen) atoms. The maximum Gasteiger partial charge on any atom is 0.234 e. The molecule has 0 aromatic heterocycles. The number of nitrogens with two attached hydrogens (primary N) is 1. The van der Waals surface area contributed by atoms with Crippen LogP contribution in [-0.2, 0) is 15.6 Å². The van der Waals surface area contributed by atoms with E-state index in [4.69, 9.17) is 5.73 Å². The molecule has 1 amide bonds. The van der Waals surface area contributed by atoms with E-state index in [0.29, 0.717) is 12.3 Å². The lowest BCUT2D eigenvalue weighted by molar-refractivity contribution is -0.125. The van der Waals surface area contributed by atoms with E-state index < -0.39 is 10.8 Å². The highest BCUT2D eigenvalue weighted by atomic mass is 32.2. The van der Waals surface area contributed by atoms with Crippen molar-refractivity contribution in [1.82, 2.24) is 4.90 Å². The molecular formula is C8H18N2O2S. The molecule has 0 saturated carbocycles. The van der Waals surface area contributed by atoms with Gasteiger partial charge in [0.25, 0.3) is 0 Å². The summed E-state index contributed by atoms with van der Waals surface area (Å²) in [6, 6.07) is 0. The van der Waals surface area contributed by atoms with Gasteiger partial charge in [-0.3, -0.25) is 9.00 Å². The fourth-order valence-electron chi connectivity index (χ4n) is 0.711. The first-order valence-electron chi connectivity index (χ1n) is 4.22. The maximum absolute atomic E-state index is 11.3. The van der Waals surface area contributed by atoms with E-state index in [1.807, 2.05) is 6.92 Å². The second-order valence-corrected chi connectivity index (χ2v) is 4.88. The molecule has 2 atom stereocenters. The van der Waals surface area contributed by atoms with Gasteiger partial charge in [0.2, 0.25) is 5.91 Å². The number of hydrogen-bond donors (Lipinski definition) is 1. The van der Waals surface area contributed by atoms with Crippen LogP contribution in [0.25, 0.3) is 0 Å². The van der Waals surface area contributed by atoms with Crippen molar-refractivity contribution < 1.29 is 9.00 Å². The summed E-state index contributed by atoms with van der Waals surface area (Å²) in [5.74, 6) is 0.742. The molecule has 0 spiro atoms. The predicted molar refractivity (Wildman–Crippen MR) is 54.8 cm³/mol. The lowest BCUT2D eigenvalue weighted by Crippen LogP contribution is -2.29. The van der Waals surface area contributed by atoms with Crippen LogP contribution in [0.5, 0.6) is 0 Å². The van der Waals surface area contributed by atoms with Crippen LogP contribution in [0.3, 0.4) is 0 Å². The Labute approximate surface area is 81.9 Å². The Morgan fingerprint density at radius 1 is 1.54 bits per heavy atom. The van der Waals surface area contributed by atoms with Crippen LogP contribution >= 0.6 is 0 Å². The Morgan fingerprint density at radius 3 is 2.46 bits per heavy atom. The minimum absolute atomic E-state index is 0.0949. The van der Waals surface area contributed by atoms with Crippen molar-refractivity contribution in [2.45, 2.75) is 6.92 Å². The van der Waals surface area contributed by atoms with Crippen molar-refractivity contribution in [2.75, 3.05) is 32.1 Å². The Bertz CT molecular complexity index is 195. The van der Waals surface area contributed by atoms with Gasteiger partial charge in [-0.05, 0) is 12.5 Å². The molecule has 78 valence electrons. The molecule has 0 aliphatic heterocycles. The topological polar surface area (TPSA) is 63.4 Å². The number of carbonyl (C=O) groups excluding carboxylic acids is 1. The Kier molecular flexibility index (Phi) is 5.90. The fourth-order valence-corrected chi connectivity index (χ4v) is 2.13. The van der Waals surface area contributed by atoms with Gasteiger partial charge >= 0.3 is 0 Å². The van der Waals surface area contributed by atoms with Crippen molar-refractivity contribution in [2.24, 2.45) is 11.7 Å². The van der Waals surface area contributed by atoms with Gasteiger partial charge in [0.05, 0.1) is 0 Å². The zero-order valence-corrected chi connectivity index (χ0v) is 9.26. The first kappa shape index (κ1) is 12.6. The Balaban J connectivity index is 3.81. The normalized spacial score (nSPS) is 15.1. The molecule has 0 bridgehead atoms. The number of nitrogens with zero attached hydrogens (tertiary/aromatic N) is 1. The van der Waals surface area contributed by atoms with E-state index in [-0.39, 0.29) is 17.6 Å². The maximum atomic E-state index is 11.3. The van der Waals surface area contributed by atoms with Crippen molar-refractivity contribution in [1.29, 1.82) is 0 Å². The first-order chi connectivity index (χ1) is 5.97. The zero-order valence-electron chi connectivity index (χ0n) is 8.45. The minimum atomic E-state index is -1.07. The highest BCUT2D eigenvalue weighted by Gasteiger charge is 2.11. The average Bonchev–Trinajstić information content (AvgIpc) is 2.03. The molecule has 0 rings (SSSR count). The first-order valence-corrected chi connectivity index (χ1v) is 5.71. The Morgan fingerprint density at radius 2 is 2.08 bits per heavy atom. The second-order valence-electron chi connectivity index (χ2n) is 3.38. The van der Waals surface area contributed by atoms with Crippen LogP contribution in [0.2, 0.25) is 0 Å². The van der Waals surface area contributed by atoms with E-state index in [9.17, 15) is 9.00 Å². The molecule has 0 aliphatic carbocycles. The lowest BCUT2D eigenvalue weighted by Gasteiger charge is -2.11. The van der Waals surface area contributed by atoms with E-state index in [0.717, 1.165) is 0 Å². The van der Waals surface area contributed by atoms with Gasteiger partial charge in [0.15, 0.2) is 0 Å². The monoisotopic (exact) mass is 206 g/mol. The van der Waals surface area contributed by atoms with E-state index in [1.165, 1.54) is 4.90 Å². The van der Waals surface area contributed by atoms with Crippen LogP contribution in [-0.4, -0.2) is 47.2 Å². The molecule has 0 aromatic rings. The van der Waals surface area contributed by atoms with Crippen molar-refractivity contribution in [3.63, 3.8) is 0 Å². The number of carbonyl (C=O) groups is 1. The molecule has 0 aliphatic rings. The summed E-state index contributed by atoms with van der Waals surface area (Å²) < 4.78 is 11.3. The number of rotatable bonds is 5. The predicted octanol–water partition coefficient (Wildman–Crippen LogP) is -0.582. The summed E-state index contributed by atoms with van der Waals surface area (Å²) >= 11 is 0.